The van der Waals surface area contributed by atoms with Gasteiger partial charge in [0.2, 0.25) is 5.91 Å². The molecule has 0 bridgehead atoms. The summed E-state index contributed by atoms with van der Waals surface area (Å²) in [5.74, 6) is -2.72. The van der Waals surface area contributed by atoms with Crippen molar-refractivity contribution >= 4 is 23.9 Å². The zero-order chi connectivity index (χ0) is 18.5. The first-order valence-electron chi connectivity index (χ1n) is 8.01. The lowest BCUT2D eigenvalue weighted by Crippen LogP contribution is -2.46. The summed E-state index contributed by atoms with van der Waals surface area (Å²) in [4.78, 5) is 48.3. The molecular weight excluding hydrogens is 318 g/mol. The Morgan fingerprint density at radius 3 is 2.42 bits per heavy atom. The fraction of sp³-hybridized carbons (Fsp3) is 0.750. The SMILES string of the molecule is CCOC(=O)C1C[C@@H](CCCC(=O)O)C(=O)N1C(=O)OC(C)(C)C. The molecule has 1 rings (SSSR count). The molecule has 1 aliphatic heterocycles. The van der Waals surface area contributed by atoms with Crippen LogP contribution in [0, 0.1) is 5.92 Å². The molecule has 0 saturated carbocycles. The zero-order valence-electron chi connectivity index (χ0n) is 14.5. The summed E-state index contributed by atoms with van der Waals surface area (Å²) in [5, 5.41) is 8.69. The van der Waals surface area contributed by atoms with E-state index < -0.39 is 41.5 Å². The van der Waals surface area contributed by atoms with Gasteiger partial charge in [0.25, 0.3) is 0 Å². The summed E-state index contributed by atoms with van der Waals surface area (Å²) in [7, 11) is 0. The molecule has 24 heavy (non-hydrogen) atoms. The smallest absolute Gasteiger partial charge is 0.417 e. The van der Waals surface area contributed by atoms with E-state index in [1.165, 1.54) is 0 Å². The molecule has 1 aliphatic rings. The van der Waals surface area contributed by atoms with Gasteiger partial charge in [-0.25, -0.2) is 14.5 Å². The molecule has 1 saturated heterocycles. The largest absolute Gasteiger partial charge is 0.481 e. The standard InChI is InChI=1S/C16H25NO7/c1-5-23-14(21)11-9-10(7-6-8-12(18)19)13(20)17(11)15(22)24-16(2,3)4/h10-11H,5-9H2,1-4H3,(H,18,19)/t10-,11?/m1/s1. The zero-order valence-corrected chi connectivity index (χ0v) is 14.5. The summed E-state index contributed by atoms with van der Waals surface area (Å²) in [6.07, 6.45) is -0.244. The Kier molecular flexibility index (Phi) is 6.74. The third kappa shape index (κ3) is 5.50. The second-order valence-corrected chi connectivity index (χ2v) is 6.68. The van der Waals surface area contributed by atoms with E-state index in [4.69, 9.17) is 14.6 Å². The first kappa shape index (κ1) is 19.9. The van der Waals surface area contributed by atoms with Gasteiger partial charge in [-0.1, -0.05) is 0 Å². The quantitative estimate of drug-likeness (QED) is 0.734. The number of amides is 2. The van der Waals surface area contributed by atoms with Crippen molar-refractivity contribution in [1.82, 2.24) is 4.90 Å². The van der Waals surface area contributed by atoms with E-state index in [1.807, 2.05) is 0 Å². The number of esters is 1. The summed E-state index contributed by atoms with van der Waals surface area (Å²) < 4.78 is 10.1. The predicted octanol–water partition coefficient (Wildman–Crippen LogP) is 1.96. The molecule has 8 nitrogen and oxygen atoms in total. The van der Waals surface area contributed by atoms with Crippen LogP contribution >= 0.6 is 0 Å². The average Bonchev–Trinajstić information content (AvgIpc) is 2.74. The van der Waals surface area contributed by atoms with Crippen LogP contribution in [0.1, 0.15) is 53.4 Å². The van der Waals surface area contributed by atoms with Crippen LogP contribution in [0.25, 0.3) is 0 Å². The molecule has 0 aromatic carbocycles. The summed E-state index contributed by atoms with van der Waals surface area (Å²) in [6, 6.07) is -1.03. The first-order valence-corrected chi connectivity index (χ1v) is 8.01. The second-order valence-electron chi connectivity index (χ2n) is 6.68. The lowest BCUT2D eigenvalue weighted by molar-refractivity contribution is -0.151. The Hall–Kier alpha value is -2.12. The van der Waals surface area contributed by atoms with Gasteiger partial charge in [0.1, 0.15) is 11.6 Å². The number of carbonyl (C=O) groups excluding carboxylic acids is 3. The molecule has 1 N–H and O–H groups in total. The fourth-order valence-corrected chi connectivity index (χ4v) is 2.54. The molecule has 2 atom stereocenters. The maximum Gasteiger partial charge on any atom is 0.417 e. The molecule has 0 aliphatic carbocycles. The Labute approximate surface area is 141 Å². The molecule has 0 aromatic heterocycles. The Morgan fingerprint density at radius 1 is 1.29 bits per heavy atom. The van der Waals surface area contributed by atoms with Gasteiger partial charge in [-0.3, -0.25) is 9.59 Å². The lowest BCUT2D eigenvalue weighted by atomic mass is 9.98. The van der Waals surface area contributed by atoms with Gasteiger partial charge in [0.05, 0.1) is 6.61 Å². The number of nitrogens with zero attached hydrogens (tertiary/aromatic N) is 1. The number of rotatable bonds is 6. The van der Waals surface area contributed by atoms with Crippen molar-refractivity contribution in [2.24, 2.45) is 5.92 Å². The van der Waals surface area contributed by atoms with E-state index >= 15 is 0 Å². The van der Waals surface area contributed by atoms with Gasteiger partial charge in [0.15, 0.2) is 0 Å². The van der Waals surface area contributed by atoms with E-state index in [0.717, 1.165) is 4.90 Å². The number of hydrogen-bond acceptors (Lipinski definition) is 6. The molecule has 0 spiro atoms. The topological polar surface area (TPSA) is 110 Å². The van der Waals surface area contributed by atoms with Crippen molar-refractivity contribution in [1.29, 1.82) is 0 Å². The third-order valence-electron chi connectivity index (χ3n) is 3.50. The number of likely N-dealkylation sites (tertiary alicyclic amines) is 1. The van der Waals surface area contributed by atoms with Crippen LogP contribution in [0.5, 0.6) is 0 Å². The molecule has 136 valence electrons. The predicted molar refractivity (Wildman–Crippen MR) is 83.1 cm³/mol. The van der Waals surface area contributed by atoms with Gasteiger partial charge in [-0.15, -0.1) is 0 Å². The molecule has 8 heteroatoms. The van der Waals surface area contributed by atoms with E-state index in [9.17, 15) is 19.2 Å². The highest BCUT2D eigenvalue weighted by Crippen LogP contribution is 2.31. The number of carbonyl (C=O) groups is 4. The number of imide groups is 1. The van der Waals surface area contributed by atoms with E-state index in [2.05, 4.69) is 0 Å². The number of carboxylic acids is 1. The van der Waals surface area contributed by atoms with Crippen LogP contribution in [0.15, 0.2) is 0 Å². The maximum atomic E-state index is 12.5. The van der Waals surface area contributed by atoms with Crippen LogP contribution in [0.3, 0.4) is 0 Å². The molecule has 1 heterocycles. The van der Waals surface area contributed by atoms with Crippen LogP contribution < -0.4 is 0 Å². The highest BCUT2D eigenvalue weighted by molar-refractivity contribution is 6.00. The van der Waals surface area contributed by atoms with E-state index in [1.54, 1.807) is 27.7 Å². The molecule has 0 aromatic rings. The summed E-state index contributed by atoms with van der Waals surface area (Å²) >= 11 is 0. The van der Waals surface area contributed by atoms with Crippen LogP contribution in [0.2, 0.25) is 0 Å². The molecular formula is C16H25NO7. The molecule has 2 amide bonds. The lowest BCUT2D eigenvalue weighted by Gasteiger charge is -2.26. The fourth-order valence-electron chi connectivity index (χ4n) is 2.54. The van der Waals surface area contributed by atoms with Crippen molar-refractivity contribution in [2.45, 2.75) is 65.0 Å². The van der Waals surface area contributed by atoms with Gasteiger partial charge in [-0.2, -0.15) is 0 Å². The van der Waals surface area contributed by atoms with Gasteiger partial charge in [0, 0.05) is 12.3 Å². The van der Waals surface area contributed by atoms with Gasteiger partial charge in [-0.05, 0) is 47.0 Å². The van der Waals surface area contributed by atoms with Crippen molar-refractivity contribution in [3.63, 3.8) is 0 Å². The normalized spacial score (nSPS) is 20.8. The van der Waals surface area contributed by atoms with Gasteiger partial charge < -0.3 is 14.6 Å². The van der Waals surface area contributed by atoms with Gasteiger partial charge >= 0.3 is 18.0 Å². The van der Waals surface area contributed by atoms with Crippen LogP contribution in [-0.2, 0) is 23.9 Å². The van der Waals surface area contributed by atoms with E-state index in [-0.39, 0.29) is 19.4 Å². The number of ether oxygens (including phenoxy) is 2. The maximum absolute atomic E-state index is 12.5. The Bertz CT molecular complexity index is 509. The van der Waals surface area contributed by atoms with Crippen LogP contribution in [0.4, 0.5) is 4.79 Å². The molecule has 1 unspecified atom stereocenters. The number of hydrogen-bond donors (Lipinski definition) is 1. The molecule has 1 fully saturated rings. The second kappa shape index (κ2) is 8.12. The summed E-state index contributed by atoms with van der Waals surface area (Å²) in [5.41, 5.74) is -0.808. The van der Waals surface area contributed by atoms with Crippen molar-refractivity contribution < 1.29 is 33.8 Å². The monoisotopic (exact) mass is 343 g/mol. The summed E-state index contributed by atoms with van der Waals surface area (Å²) in [6.45, 7) is 6.76. The van der Waals surface area contributed by atoms with Crippen molar-refractivity contribution in [3.05, 3.63) is 0 Å². The highest BCUT2D eigenvalue weighted by Gasteiger charge is 2.48. The minimum absolute atomic E-state index is 0.0692. The number of aliphatic carboxylic acids is 1. The minimum Gasteiger partial charge on any atom is -0.481 e. The van der Waals surface area contributed by atoms with E-state index in [0.29, 0.717) is 12.8 Å². The van der Waals surface area contributed by atoms with Crippen molar-refractivity contribution in [3.8, 4) is 0 Å². The highest BCUT2D eigenvalue weighted by atomic mass is 16.6. The van der Waals surface area contributed by atoms with Crippen LogP contribution in [-0.4, -0.2) is 52.2 Å². The average molecular weight is 343 g/mol. The van der Waals surface area contributed by atoms with Crippen molar-refractivity contribution in [2.75, 3.05) is 6.61 Å². The third-order valence-corrected chi connectivity index (χ3v) is 3.50. The Morgan fingerprint density at radius 2 is 1.92 bits per heavy atom. The first-order chi connectivity index (χ1) is 11.1. The number of carboxylic acid groups (broad SMARTS) is 1. The molecule has 0 radical (unpaired) electrons. The minimum atomic E-state index is -1.03. The Balaban J connectivity index is 2.89.